The molecule has 1 fully saturated rings. The second-order valence-corrected chi connectivity index (χ2v) is 4.58. The fourth-order valence-corrected chi connectivity index (χ4v) is 2.38. The van der Waals surface area contributed by atoms with Crippen LogP contribution in [0.4, 0.5) is 5.69 Å². The van der Waals surface area contributed by atoms with Gasteiger partial charge in [0.1, 0.15) is 0 Å². The Labute approximate surface area is 107 Å². The Morgan fingerprint density at radius 1 is 1.24 bits per heavy atom. The maximum atomic E-state index is 11.6. The van der Waals surface area contributed by atoms with Crippen LogP contribution < -0.4 is 4.90 Å². The predicted octanol–water partition coefficient (Wildman–Crippen LogP) is 2.40. The zero-order valence-electron chi connectivity index (χ0n) is 10.0. The van der Waals surface area contributed by atoms with E-state index in [1.807, 2.05) is 36.1 Å². The molecule has 1 aromatic rings. The van der Waals surface area contributed by atoms with Gasteiger partial charge in [0, 0.05) is 32.6 Å². The molecule has 1 saturated heterocycles. The monoisotopic (exact) mass is 252 g/mol. The summed E-state index contributed by atoms with van der Waals surface area (Å²) < 4.78 is 0. The molecule has 17 heavy (non-hydrogen) atoms. The molecule has 0 aromatic heterocycles. The van der Waals surface area contributed by atoms with Crippen molar-refractivity contribution in [2.45, 2.75) is 13.3 Å². The Morgan fingerprint density at radius 2 is 1.88 bits per heavy atom. The molecule has 0 aliphatic carbocycles. The lowest BCUT2D eigenvalue weighted by Crippen LogP contribution is -2.48. The smallest absolute Gasteiger partial charge is 0.222 e. The van der Waals surface area contributed by atoms with Crippen LogP contribution in [-0.2, 0) is 4.79 Å². The number of halogens is 1. The number of nitrogens with zero attached hydrogens (tertiary/aromatic N) is 2. The first-order chi connectivity index (χ1) is 8.22. The maximum absolute atomic E-state index is 11.6. The SMILES string of the molecule is CCC(=O)N1CCN(c2ccccc2Cl)CC1. The highest BCUT2D eigenvalue weighted by Crippen LogP contribution is 2.25. The molecule has 0 atom stereocenters. The van der Waals surface area contributed by atoms with Crippen molar-refractivity contribution in [2.75, 3.05) is 31.1 Å². The maximum Gasteiger partial charge on any atom is 0.222 e. The fraction of sp³-hybridized carbons (Fsp3) is 0.462. The van der Waals surface area contributed by atoms with E-state index < -0.39 is 0 Å². The highest BCUT2D eigenvalue weighted by atomic mass is 35.5. The number of carbonyl (C=O) groups excluding carboxylic acids is 1. The van der Waals surface area contributed by atoms with E-state index in [-0.39, 0.29) is 5.91 Å². The van der Waals surface area contributed by atoms with Gasteiger partial charge in [-0.25, -0.2) is 0 Å². The molecular weight excluding hydrogens is 236 g/mol. The lowest BCUT2D eigenvalue weighted by atomic mass is 10.2. The van der Waals surface area contributed by atoms with Crippen LogP contribution in [0.5, 0.6) is 0 Å². The molecule has 1 aliphatic rings. The summed E-state index contributed by atoms with van der Waals surface area (Å²) in [5, 5.41) is 0.780. The largest absolute Gasteiger partial charge is 0.367 e. The Balaban J connectivity index is 2.00. The topological polar surface area (TPSA) is 23.6 Å². The van der Waals surface area contributed by atoms with Gasteiger partial charge in [0.25, 0.3) is 0 Å². The Bertz CT molecular complexity index is 400. The summed E-state index contributed by atoms with van der Waals surface area (Å²) in [4.78, 5) is 15.7. The molecule has 1 amide bonds. The van der Waals surface area contributed by atoms with Gasteiger partial charge in [0.05, 0.1) is 10.7 Å². The lowest BCUT2D eigenvalue weighted by Gasteiger charge is -2.36. The van der Waals surface area contributed by atoms with Crippen LogP contribution in [0.15, 0.2) is 24.3 Å². The van der Waals surface area contributed by atoms with Crippen molar-refractivity contribution in [3.8, 4) is 0 Å². The molecule has 4 heteroatoms. The highest BCUT2D eigenvalue weighted by molar-refractivity contribution is 6.33. The first kappa shape index (κ1) is 12.2. The number of benzene rings is 1. The molecule has 0 radical (unpaired) electrons. The van der Waals surface area contributed by atoms with Crippen molar-refractivity contribution in [1.29, 1.82) is 0 Å². The summed E-state index contributed by atoms with van der Waals surface area (Å²) in [7, 11) is 0. The number of para-hydroxylation sites is 1. The van der Waals surface area contributed by atoms with Crippen molar-refractivity contribution in [3.63, 3.8) is 0 Å². The summed E-state index contributed by atoms with van der Waals surface area (Å²) >= 11 is 6.16. The highest BCUT2D eigenvalue weighted by Gasteiger charge is 2.20. The van der Waals surface area contributed by atoms with Gasteiger partial charge >= 0.3 is 0 Å². The van der Waals surface area contributed by atoms with E-state index in [1.165, 1.54) is 0 Å². The van der Waals surface area contributed by atoms with E-state index in [9.17, 15) is 4.79 Å². The van der Waals surface area contributed by atoms with Crippen molar-refractivity contribution in [2.24, 2.45) is 0 Å². The van der Waals surface area contributed by atoms with Gasteiger partial charge in [-0.1, -0.05) is 30.7 Å². The fourth-order valence-electron chi connectivity index (χ4n) is 2.13. The zero-order chi connectivity index (χ0) is 12.3. The Hall–Kier alpha value is -1.22. The van der Waals surface area contributed by atoms with E-state index in [4.69, 9.17) is 11.6 Å². The third-order valence-electron chi connectivity index (χ3n) is 3.13. The summed E-state index contributed by atoms with van der Waals surface area (Å²) in [6, 6.07) is 7.85. The van der Waals surface area contributed by atoms with Crippen LogP contribution in [-0.4, -0.2) is 37.0 Å². The standard InChI is InChI=1S/C13H17ClN2O/c1-2-13(17)16-9-7-15(8-10-16)12-6-4-3-5-11(12)14/h3-6H,2,7-10H2,1H3. The summed E-state index contributed by atoms with van der Waals surface area (Å²) in [5.41, 5.74) is 1.07. The molecule has 1 heterocycles. The third kappa shape index (κ3) is 2.72. The molecule has 3 nitrogen and oxygen atoms in total. The molecule has 0 unspecified atom stereocenters. The molecule has 0 bridgehead atoms. The zero-order valence-corrected chi connectivity index (χ0v) is 10.8. The number of carbonyl (C=O) groups is 1. The molecule has 92 valence electrons. The van der Waals surface area contributed by atoms with Crippen LogP contribution in [0.3, 0.4) is 0 Å². The van der Waals surface area contributed by atoms with E-state index in [1.54, 1.807) is 0 Å². The lowest BCUT2D eigenvalue weighted by molar-refractivity contribution is -0.131. The van der Waals surface area contributed by atoms with Gasteiger partial charge in [-0.15, -0.1) is 0 Å². The van der Waals surface area contributed by atoms with Crippen LogP contribution in [0, 0.1) is 0 Å². The van der Waals surface area contributed by atoms with E-state index >= 15 is 0 Å². The number of hydrogen-bond acceptors (Lipinski definition) is 2. The second kappa shape index (κ2) is 5.41. The van der Waals surface area contributed by atoms with E-state index in [0.717, 1.165) is 36.9 Å². The summed E-state index contributed by atoms with van der Waals surface area (Å²) in [6.45, 7) is 5.20. The average Bonchev–Trinajstić information content (AvgIpc) is 2.39. The quantitative estimate of drug-likeness (QED) is 0.807. The molecule has 0 N–H and O–H groups in total. The molecule has 2 rings (SSSR count). The summed E-state index contributed by atoms with van der Waals surface area (Å²) in [5.74, 6) is 0.240. The number of piperazine rings is 1. The first-order valence-electron chi connectivity index (χ1n) is 5.99. The minimum Gasteiger partial charge on any atom is -0.367 e. The third-order valence-corrected chi connectivity index (χ3v) is 3.45. The van der Waals surface area contributed by atoms with Gasteiger partial charge in [-0.3, -0.25) is 4.79 Å². The van der Waals surface area contributed by atoms with Crippen molar-refractivity contribution < 1.29 is 4.79 Å². The average molecular weight is 253 g/mol. The minimum atomic E-state index is 0.240. The van der Waals surface area contributed by atoms with Gasteiger partial charge < -0.3 is 9.80 Å². The number of hydrogen-bond donors (Lipinski definition) is 0. The number of amides is 1. The van der Waals surface area contributed by atoms with Gasteiger partial charge in [0.2, 0.25) is 5.91 Å². The van der Waals surface area contributed by atoms with Gasteiger partial charge in [-0.05, 0) is 12.1 Å². The van der Waals surface area contributed by atoms with Crippen molar-refractivity contribution in [1.82, 2.24) is 4.90 Å². The molecule has 0 saturated carbocycles. The predicted molar refractivity (Wildman–Crippen MR) is 70.5 cm³/mol. The van der Waals surface area contributed by atoms with Crippen LogP contribution in [0.1, 0.15) is 13.3 Å². The second-order valence-electron chi connectivity index (χ2n) is 4.17. The van der Waals surface area contributed by atoms with Crippen LogP contribution >= 0.6 is 11.6 Å². The Morgan fingerprint density at radius 3 is 2.47 bits per heavy atom. The number of anilines is 1. The van der Waals surface area contributed by atoms with Crippen molar-refractivity contribution >= 4 is 23.2 Å². The first-order valence-corrected chi connectivity index (χ1v) is 6.37. The Kier molecular flexibility index (Phi) is 3.89. The van der Waals surface area contributed by atoms with Crippen molar-refractivity contribution in [3.05, 3.63) is 29.3 Å². The normalized spacial score (nSPS) is 16.1. The minimum absolute atomic E-state index is 0.240. The number of rotatable bonds is 2. The van der Waals surface area contributed by atoms with Crippen LogP contribution in [0.25, 0.3) is 0 Å². The van der Waals surface area contributed by atoms with E-state index in [2.05, 4.69) is 4.90 Å². The molecule has 0 spiro atoms. The van der Waals surface area contributed by atoms with E-state index in [0.29, 0.717) is 6.42 Å². The molecular formula is C13H17ClN2O. The molecule has 1 aliphatic heterocycles. The summed E-state index contributed by atoms with van der Waals surface area (Å²) in [6.07, 6.45) is 0.589. The van der Waals surface area contributed by atoms with Gasteiger partial charge in [-0.2, -0.15) is 0 Å². The van der Waals surface area contributed by atoms with Gasteiger partial charge in [0.15, 0.2) is 0 Å². The molecule has 1 aromatic carbocycles. The van der Waals surface area contributed by atoms with Crippen LogP contribution in [0.2, 0.25) is 5.02 Å².